The lowest BCUT2D eigenvalue weighted by atomic mass is 10.2. The minimum Gasteiger partial charge on any atom is -0.459 e. The monoisotopic (exact) mass is 408 g/mol. The highest BCUT2D eigenvalue weighted by molar-refractivity contribution is 9.10. The van der Waals surface area contributed by atoms with Crippen LogP contribution in [0.25, 0.3) is 11.3 Å². The molecule has 2 rings (SSSR count). The molecule has 2 aromatic rings. The largest absolute Gasteiger partial charge is 0.459 e. The van der Waals surface area contributed by atoms with Crippen molar-refractivity contribution >= 4 is 22.0 Å². The van der Waals surface area contributed by atoms with Crippen LogP contribution in [0, 0.1) is 0 Å². The Balaban J connectivity index is 1.79. The van der Waals surface area contributed by atoms with Crippen molar-refractivity contribution in [2.75, 3.05) is 20.2 Å². The van der Waals surface area contributed by atoms with E-state index < -0.39 is 0 Å². The number of nitrogens with zero attached hydrogens (tertiary/aromatic N) is 1. The number of hydrogen-bond donors (Lipinski definition) is 1. The maximum atomic E-state index is 12.1. The lowest BCUT2D eigenvalue weighted by Crippen LogP contribution is -2.37. The normalized spacial score (nSPS) is 10.9. The SMILES string of the molecule is CC(C)OCCCNC(=O)N(C)Cc1ccc(-c2ccc(Br)cc2)o1. The van der Waals surface area contributed by atoms with Crippen molar-refractivity contribution in [2.45, 2.75) is 32.9 Å². The number of nitrogens with one attached hydrogen (secondary N) is 1. The van der Waals surface area contributed by atoms with Gasteiger partial charge in [0.25, 0.3) is 0 Å². The molecule has 1 heterocycles. The first-order valence-corrected chi connectivity index (χ1v) is 9.20. The standard InChI is InChI=1S/C19H25BrN2O3/c1-14(2)24-12-4-11-21-19(23)22(3)13-17-9-10-18(25-17)15-5-7-16(20)8-6-15/h5-10,14H,4,11-13H2,1-3H3,(H,21,23). The fourth-order valence-corrected chi connectivity index (χ4v) is 2.52. The number of hydrogen-bond acceptors (Lipinski definition) is 3. The molecule has 0 atom stereocenters. The Labute approximate surface area is 157 Å². The van der Waals surface area contributed by atoms with Gasteiger partial charge >= 0.3 is 6.03 Å². The van der Waals surface area contributed by atoms with Crippen molar-refractivity contribution in [3.8, 4) is 11.3 Å². The third-order valence-corrected chi connectivity index (χ3v) is 4.11. The number of halogens is 1. The zero-order valence-corrected chi connectivity index (χ0v) is 16.5. The lowest BCUT2D eigenvalue weighted by Gasteiger charge is -2.17. The topological polar surface area (TPSA) is 54.7 Å². The molecule has 0 aliphatic carbocycles. The molecule has 0 radical (unpaired) electrons. The average Bonchev–Trinajstić information content (AvgIpc) is 3.03. The minimum absolute atomic E-state index is 0.119. The van der Waals surface area contributed by atoms with Gasteiger partial charge < -0.3 is 19.4 Å². The van der Waals surface area contributed by atoms with Gasteiger partial charge in [-0.2, -0.15) is 0 Å². The number of benzene rings is 1. The highest BCUT2D eigenvalue weighted by Gasteiger charge is 2.12. The summed E-state index contributed by atoms with van der Waals surface area (Å²) in [6.45, 7) is 5.66. The first-order valence-electron chi connectivity index (χ1n) is 8.41. The fourth-order valence-electron chi connectivity index (χ4n) is 2.26. The summed E-state index contributed by atoms with van der Waals surface area (Å²) in [5.74, 6) is 1.54. The molecule has 6 heteroatoms. The van der Waals surface area contributed by atoms with Gasteiger partial charge in [0.15, 0.2) is 0 Å². The van der Waals surface area contributed by atoms with Crippen molar-refractivity contribution < 1.29 is 13.9 Å². The molecule has 0 spiro atoms. The van der Waals surface area contributed by atoms with E-state index in [1.165, 1.54) is 0 Å². The molecule has 0 unspecified atom stereocenters. The number of carbonyl (C=O) groups excluding carboxylic acids is 1. The number of urea groups is 1. The Kier molecular flexibility index (Phi) is 7.52. The Hall–Kier alpha value is -1.79. The van der Waals surface area contributed by atoms with Gasteiger partial charge in [0.1, 0.15) is 11.5 Å². The highest BCUT2D eigenvalue weighted by Crippen LogP contribution is 2.24. The van der Waals surface area contributed by atoms with Gasteiger partial charge in [0.05, 0.1) is 12.6 Å². The van der Waals surface area contributed by atoms with E-state index in [0.29, 0.717) is 19.7 Å². The van der Waals surface area contributed by atoms with E-state index in [-0.39, 0.29) is 12.1 Å². The first-order chi connectivity index (χ1) is 12.0. The molecule has 1 aromatic heterocycles. The second-order valence-corrected chi connectivity index (χ2v) is 7.05. The van der Waals surface area contributed by atoms with E-state index in [2.05, 4.69) is 21.2 Å². The quantitative estimate of drug-likeness (QED) is 0.645. The zero-order valence-electron chi connectivity index (χ0n) is 14.9. The third kappa shape index (κ3) is 6.55. The molecule has 0 fully saturated rings. The second kappa shape index (κ2) is 9.63. The minimum atomic E-state index is -0.119. The molecular formula is C19H25BrN2O3. The van der Waals surface area contributed by atoms with Crippen LogP contribution in [0.5, 0.6) is 0 Å². The van der Waals surface area contributed by atoms with Crippen molar-refractivity contribution in [3.63, 3.8) is 0 Å². The van der Waals surface area contributed by atoms with Crippen LogP contribution >= 0.6 is 15.9 Å². The lowest BCUT2D eigenvalue weighted by molar-refractivity contribution is 0.0772. The van der Waals surface area contributed by atoms with E-state index in [4.69, 9.17) is 9.15 Å². The Bertz CT molecular complexity index is 668. The van der Waals surface area contributed by atoms with Gasteiger partial charge in [-0.1, -0.05) is 28.1 Å². The van der Waals surface area contributed by atoms with E-state index in [1.807, 2.05) is 50.2 Å². The van der Waals surface area contributed by atoms with E-state index in [1.54, 1.807) is 11.9 Å². The maximum Gasteiger partial charge on any atom is 0.317 e. The number of ether oxygens (including phenoxy) is 1. The molecule has 1 N–H and O–H groups in total. The average molecular weight is 409 g/mol. The van der Waals surface area contributed by atoms with Crippen LogP contribution in [-0.2, 0) is 11.3 Å². The van der Waals surface area contributed by atoms with Crippen LogP contribution in [-0.4, -0.2) is 37.2 Å². The van der Waals surface area contributed by atoms with Crippen molar-refractivity contribution in [1.29, 1.82) is 0 Å². The zero-order chi connectivity index (χ0) is 18.2. The Morgan fingerprint density at radius 3 is 2.64 bits per heavy atom. The molecule has 0 saturated carbocycles. The summed E-state index contributed by atoms with van der Waals surface area (Å²) in [5, 5.41) is 2.88. The number of furan rings is 1. The molecule has 1 aromatic carbocycles. The van der Waals surface area contributed by atoms with Crippen LogP contribution in [0.3, 0.4) is 0 Å². The van der Waals surface area contributed by atoms with Gasteiger partial charge in [0, 0.05) is 30.2 Å². The van der Waals surface area contributed by atoms with Crippen LogP contribution < -0.4 is 5.32 Å². The maximum absolute atomic E-state index is 12.1. The van der Waals surface area contributed by atoms with E-state index >= 15 is 0 Å². The van der Waals surface area contributed by atoms with Crippen molar-refractivity contribution in [1.82, 2.24) is 10.2 Å². The molecular weight excluding hydrogens is 384 g/mol. The van der Waals surface area contributed by atoms with Gasteiger partial charge in [-0.15, -0.1) is 0 Å². The molecule has 2 amide bonds. The van der Waals surface area contributed by atoms with E-state index in [9.17, 15) is 4.79 Å². The Morgan fingerprint density at radius 1 is 1.24 bits per heavy atom. The molecule has 25 heavy (non-hydrogen) atoms. The number of rotatable bonds is 8. The van der Waals surface area contributed by atoms with Crippen LogP contribution in [0.15, 0.2) is 45.3 Å². The number of amides is 2. The summed E-state index contributed by atoms with van der Waals surface area (Å²) in [6, 6.07) is 11.6. The Morgan fingerprint density at radius 2 is 1.96 bits per heavy atom. The molecule has 0 bridgehead atoms. The summed E-state index contributed by atoms with van der Waals surface area (Å²) in [7, 11) is 1.75. The highest BCUT2D eigenvalue weighted by atomic mass is 79.9. The summed E-state index contributed by atoms with van der Waals surface area (Å²) in [5.41, 5.74) is 1.01. The molecule has 5 nitrogen and oxygen atoms in total. The molecule has 0 aliphatic rings. The summed E-state index contributed by atoms with van der Waals surface area (Å²) >= 11 is 3.42. The second-order valence-electron chi connectivity index (χ2n) is 6.13. The molecule has 0 aliphatic heterocycles. The van der Waals surface area contributed by atoms with Gasteiger partial charge in [0.2, 0.25) is 0 Å². The molecule has 0 saturated heterocycles. The van der Waals surface area contributed by atoms with Gasteiger partial charge in [-0.3, -0.25) is 0 Å². The van der Waals surface area contributed by atoms with Gasteiger partial charge in [-0.05, 0) is 44.5 Å². The van der Waals surface area contributed by atoms with Crippen LogP contribution in [0.4, 0.5) is 4.79 Å². The summed E-state index contributed by atoms with van der Waals surface area (Å²) in [6.07, 6.45) is 1.02. The fraction of sp³-hybridized carbons (Fsp3) is 0.421. The van der Waals surface area contributed by atoms with Gasteiger partial charge in [-0.25, -0.2) is 4.79 Å². The smallest absolute Gasteiger partial charge is 0.317 e. The predicted octanol–water partition coefficient (Wildman–Crippen LogP) is 4.67. The van der Waals surface area contributed by atoms with E-state index in [0.717, 1.165) is 28.0 Å². The first kappa shape index (κ1) is 19.5. The molecule has 136 valence electrons. The van der Waals surface area contributed by atoms with Crippen molar-refractivity contribution in [2.24, 2.45) is 0 Å². The van der Waals surface area contributed by atoms with Crippen LogP contribution in [0.2, 0.25) is 0 Å². The van der Waals surface area contributed by atoms with Crippen molar-refractivity contribution in [3.05, 3.63) is 46.6 Å². The van der Waals surface area contributed by atoms with Crippen LogP contribution in [0.1, 0.15) is 26.0 Å². The third-order valence-electron chi connectivity index (χ3n) is 3.58. The summed E-state index contributed by atoms with van der Waals surface area (Å²) in [4.78, 5) is 13.7. The predicted molar refractivity (Wildman–Crippen MR) is 102 cm³/mol. The summed E-state index contributed by atoms with van der Waals surface area (Å²) < 4.78 is 12.3. The number of carbonyl (C=O) groups is 1.